The van der Waals surface area contributed by atoms with Crippen LogP contribution in [0.5, 0.6) is 0 Å². The van der Waals surface area contributed by atoms with Crippen LogP contribution in [-0.2, 0) is 29.0 Å². The van der Waals surface area contributed by atoms with Gasteiger partial charge in [0.25, 0.3) is 0 Å². The summed E-state index contributed by atoms with van der Waals surface area (Å²) < 4.78 is 24.5. The van der Waals surface area contributed by atoms with Gasteiger partial charge in [0.05, 0.1) is 17.9 Å². The van der Waals surface area contributed by atoms with Gasteiger partial charge in [-0.15, -0.1) is 0 Å². The number of amides is 3. The monoisotopic (exact) mass is 523 g/mol. The van der Waals surface area contributed by atoms with Gasteiger partial charge in [0.2, 0.25) is 17.7 Å². The Kier molecular flexibility index (Phi) is 13.8. The molecule has 0 spiro atoms. The Bertz CT molecular complexity index is 800. The van der Waals surface area contributed by atoms with Crippen molar-refractivity contribution in [2.24, 2.45) is 10.8 Å². The zero-order chi connectivity index (χ0) is 26.6. The van der Waals surface area contributed by atoms with Gasteiger partial charge < -0.3 is 21.1 Å². The molecule has 3 amide bonds. The molecule has 0 radical (unpaired) electrons. The number of carbonyl (C=O) groups excluding carboxylic acids is 3. The highest BCUT2D eigenvalue weighted by Crippen LogP contribution is 2.21. The van der Waals surface area contributed by atoms with Crippen molar-refractivity contribution in [1.82, 2.24) is 16.0 Å². The topological polar surface area (TPSA) is 159 Å². The Morgan fingerprint density at radius 3 is 1.91 bits per heavy atom. The number of aliphatic carboxylic acids is 1. The van der Waals surface area contributed by atoms with E-state index in [2.05, 4.69) is 16.0 Å². The first kappa shape index (κ1) is 32.2. The second-order valence-electron chi connectivity index (χ2n) is 10.6. The summed E-state index contributed by atoms with van der Waals surface area (Å²) >= 11 is 1.47. The first-order valence-corrected chi connectivity index (χ1v) is 14.2. The van der Waals surface area contributed by atoms with Crippen LogP contribution in [0.1, 0.15) is 60.8 Å². The number of thioether (sulfide) groups is 1. The molecule has 0 heterocycles. The fourth-order valence-corrected chi connectivity index (χ4v) is 4.83. The van der Waals surface area contributed by atoms with Crippen molar-refractivity contribution in [2.75, 3.05) is 36.1 Å². The van der Waals surface area contributed by atoms with Crippen LogP contribution >= 0.6 is 11.8 Å². The molecule has 4 N–H and O–H groups in total. The van der Waals surface area contributed by atoms with E-state index in [0.717, 1.165) is 5.75 Å². The SMILES string of the molecule is CC(C)(C)CSC[C@H](NC(=O)CCC(=O)O)C(=O)NCCS(=O)(=O)CCNC(=O)CC(C)(C)C. The molecule has 12 heteroatoms. The fraction of sp³-hybridized carbons (Fsp3) is 0.818. The Balaban J connectivity index is 4.69. The predicted octanol–water partition coefficient (Wildman–Crippen LogP) is 1.20. The molecule has 0 fully saturated rings. The summed E-state index contributed by atoms with van der Waals surface area (Å²) in [6, 6.07) is -0.909. The number of sulfone groups is 1. The number of nitrogens with one attached hydrogen (secondary N) is 3. The van der Waals surface area contributed by atoms with Crippen molar-refractivity contribution in [3.8, 4) is 0 Å². The van der Waals surface area contributed by atoms with Crippen LogP contribution in [0.4, 0.5) is 0 Å². The second-order valence-corrected chi connectivity index (χ2v) is 14.0. The quantitative estimate of drug-likeness (QED) is 0.249. The third-order valence-corrected chi connectivity index (χ3v) is 7.47. The molecule has 0 aromatic rings. The second kappa shape index (κ2) is 14.6. The summed E-state index contributed by atoms with van der Waals surface area (Å²) in [5.41, 5.74) is -0.187. The van der Waals surface area contributed by atoms with Gasteiger partial charge in [0, 0.05) is 31.7 Å². The average molecular weight is 524 g/mol. The van der Waals surface area contributed by atoms with Crippen LogP contribution in [0.3, 0.4) is 0 Å². The van der Waals surface area contributed by atoms with Crippen molar-refractivity contribution in [2.45, 2.75) is 66.8 Å². The smallest absolute Gasteiger partial charge is 0.303 e. The molecule has 10 nitrogen and oxygen atoms in total. The molecular weight excluding hydrogens is 482 g/mol. The van der Waals surface area contributed by atoms with Crippen molar-refractivity contribution < 1.29 is 32.7 Å². The Hall–Kier alpha value is -1.82. The third kappa shape index (κ3) is 18.6. The summed E-state index contributed by atoms with van der Waals surface area (Å²) in [7, 11) is -3.51. The van der Waals surface area contributed by atoms with Gasteiger partial charge in [-0.05, 0) is 16.6 Å². The van der Waals surface area contributed by atoms with Crippen molar-refractivity contribution in [3.05, 3.63) is 0 Å². The van der Waals surface area contributed by atoms with E-state index in [1.807, 2.05) is 41.5 Å². The maximum Gasteiger partial charge on any atom is 0.303 e. The van der Waals surface area contributed by atoms with E-state index in [1.165, 1.54) is 11.8 Å². The molecule has 34 heavy (non-hydrogen) atoms. The minimum absolute atomic E-state index is 0.00308. The van der Waals surface area contributed by atoms with E-state index < -0.39 is 33.7 Å². The Morgan fingerprint density at radius 1 is 0.853 bits per heavy atom. The van der Waals surface area contributed by atoms with Crippen LogP contribution in [0.25, 0.3) is 0 Å². The van der Waals surface area contributed by atoms with Crippen molar-refractivity contribution in [1.29, 1.82) is 0 Å². The number of hydrogen-bond acceptors (Lipinski definition) is 7. The molecule has 0 aromatic carbocycles. The standard InChI is InChI=1S/C22H41N3O7S2/c1-21(2,3)13-18(27)23-9-11-34(31,32)12-10-24-20(30)16(14-33-15-22(4,5)6)25-17(26)7-8-19(28)29/h16H,7-15H2,1-6H3,(H,23,27)(H,24,30)(H,25,26)(H,28,29)/t16-/m0/s1. The van der Waals surface area contributed by atoms with Crippen LogP contribution in [0, 0.1) is 10.8 Å². The van der Waals surface area contributed by atoms with Crippen LogP contribution in [-0.4, -0.2) is 79.4 Å². The van der Waals surface area contributed by atoms with Gasteiger partial charge in [0.1, 0.15) is 6.04 Å². The molecule has 0 bridgehead atoms. The van der Waals surface area contributed by atoms with Gasteiger partial charge in [-0.3, -0.25) is 19.2 Å². The predicted molar refractivity (Wildman–Crippen MR) is 134 cm³/mol. The molecule has 0 aliphatic heterocycles. The lowest BCUT2D eigenvalue weighted by atomic mass is 9.92. The minimum atomic E-state index is -3.51. The summed E-state index contributed by atoms with van der Waals surface area (Å²) in [6.07, 6.45) is -0.311. The number of carboxylic acids is 1. The first-order valence-electron chi connectivity index (χ1n) is 11.2. The normalized spacial score (nSPS) is 13.1. The molecule has 0 unspecified atom stereocenters. The van der Waals surface area contributed by atoms with Gasteiger partial charge >= 0.3 is 5.97 Å². The van der Waals surface area contributed by atoms with E-state index in [4.69, 9.17) is 5.11 Å². The van der Waals surface area contributed by atoms with E-state index in [9.17, 15) is 27.6 Å². The number of carbonyl (C=O) groups is 4. The summed E-state index contributed by atoms with van der Waals surface area (Å²) in [5, 5.41) is 16.4. The Labute approximate surface area is 207 Å². The van der Waals surface area contributed by atoms with E-state index in [1.54, 1.807) is 0 Å². The van der Waals surface area contributed by atoms with Crippen LogP contribution in [0.2, 0.25) is 0 Å². The van der Waals surface area contributed by atoms with Crippen LogP contribution in [0.15, 0.2) is 0 Å². The van der Waals surface area contributed by atoms with Gasteiger partial charge in [-0.1, -0.05) is 41.5 Å². The lowest BCUT2D eigenvalue weighted by Gasteiger charge is -2.21. The highest BCUT2D eigenvalue weighted by Gasteiger charge is 2.23. The average Bonchev–Trinajstić information content (AvgIpc) is 2.62. The maximum atomic E-state index is 12.6. The molecule has 0 saturated heterocycles. The van der Waals surface area contributed by atoms with Gasteiger partial charge in [0.15, 0.2) is 9.84 Å². The molecule has 198 valence electrons. The van der Waals surface area contributed by atoms with Gasteiger partial charge in [-0.25, -0.2) is 8.42 Å². The lowest BCUT2D eigenvalue weighted by Crippen LogP contribution is -2.49. The highest BCUT2D eigenvalue weighted by molar-refractivity contribution is 7.99. The molecule has 0 aliphatic carbocycles. The molecule has 0 saturated carbocycles. The Morgan fingerprint density at radius 2 is 1.41 bits per heavy atom. The number of rotatable bonds is 15. The summed E-state index contributed by atoms with van der Waals surface area (Å²) in [4.78, 5) is 47.1. The fourth-order valence-electron chi connectivity index (χ4n) is 2.60. The van der Waals surface area contributed by atoms with E-state index >= 15 is 0 Å². The lowest BCUT2D eigenvalue weighted by molar-refractivity contribution is -0.139. The minimum Gasteiger partial charge on any atom is -0.481 e. The van der Waals surface area contributed by atoms with E-state index in [0.29, 0.717) is 0 Å². The molecular formula is C22H41N3O7S2. The summed E-state index contributed by atoms with van der Waals surface area (Å²) in [5.74, 6) is -1.95. The third-order valence-electron chi connectivity index (χ3n) is 4.18. The summed E-state index contributed by atoms with van der Waals surface area (Å²) in [6.45, 7) is 11.7. The number of carboxylic acid groups (broad SMARTS) is 1. The maximum absolute atomic E-state index is 12.6. The highest BCUT2D eigenvalue weighted by atomic mass is 32.2. The van der Waals surface area contributed by atoms with Crippen molar-refractivity contribution >= 4 is 45.3 Å². The zero-order valence-electron chi connectivity index (χ0n) is 21.2. The molecule has 1 atom stereocenters. The molecule has 0 aromatic heterocycles. The molecule has 0 aliphatic rings. The van der Waals surface area contributed by atoms with Crippen molar-refractivity contribution in [3.63, 3.8) is 0 Å². The molecule has 0 rings (SSSR count). The first-order chi connectivity index (χ1) is 15.4. The van der Waals surface area contributed by atoms with E-state index in [-0.39, 0.29) is 66.3 Å². The zero-order valence-corrected chi connectivity index (χ0v) is 22.8. The van der Waals surface area contributed by atoms with Gasteiger partial charge in [-0.2, -0.15) is 11.8 Å². The number of hydrogen-bond donors (Lipinski definition) is 4. The largest absolute Gasteiger partial charge is 0.481 e. The van der Waals surface area contributed by atoms with Crippen LogP contribution < -0.4 is 16.0 Å².